The van der Waals surface area contributed by atoms with Gasteiger partial charge in [-0.05, 0) is 42.0 Å². The molecule has 0 aliphatic carbocycles. The van der Waals surface area contributed by atoms with E-state index >= 15 is 0 Å². The zero-order valence-electron chi connectivity index (χ0n) is 11.0. The number of carbonyl (C=O) groups is 1. The van der Waals surface area contributed by atoms with Gasteiger partial charge in [0.2, 0.25) is 5.91 Å². The lowest BCUT2D eigenvalue weighted by atomic mass is 10.1. The highest BCUT2D eigenvalue weighted by atomic mass is 19.1. The molecule has 0 fully saturated rings. The monoisotopic (exact) mass is 274 g/mol. The van der Waals surface area contributed by atoms with Gasteiger partial charge in [-0.15, -0.1) is 0 Å². The Labute approximate surface area is 116 Å². The highest BCUT2D eigenvalue weighted by Crippen LogP contribution is 2.22. The molecule has 2 aromatic carbocycles. The smallest absolute Gasteiger partial charge is 0.244 e. The van der Waals surface area contributed by atoms with E-state index in [0.29, 0.717) is 11.3 Å². The van der Waals surface area contributed by atoms with Crippen LogP contribution in [0, 0.1) is 5.82 Å². The van der Waals surface area contributed by atoms with Crippen LogP contribution in [0.15, 0.2) is 48.5 Å². The molecule has 0 heterocycles. The zero-order valence-corrected chi connectivity index (χ0v) is 11.0. The third kappa shape index (κ3) is 3.26. The Kier molecular flexibility index (Phi) is 4.20. The van der Waals surface area contributed by atoms with E-state index in [0.717, 1.165) is 5.69 Å². The summed E-state index contributed by atoms with van der Waals surface area (Å²) in [5, 5.41) is 3.01. The summed E-state index contributed by atoms with van der Waals surface area (Å²) in [7, 11) is 1.58. The Morgan fingerprint density at radius 1 is 1.15 bits per heavy atom. The minimum atomic E-state index is -0.719. The first-order chi connectivity index (χ1) is 9.60. The standard InChI is InChI=1S/C15H15FN2O2/c1-20-13-8-6-12(7-9-13)18-14(15(17)19)10-2-4-11(16)5-3-10/h2-9,14,18H,1H3,(H2,17,19). The van der Waals surface area contributed by atoms with Gasteiger partial charge >= 0.3 is 0 Å². The quantitative estimate of drug-likeness (QED) is 0.880. The highest BCUT2D eigenvalue weighted by molar-refractivity contribution is 5.84. The number of halogens is 1. The lowest BCUT2D eigenvalue weighted by Gasteiger charge is -2.17. The highest BCUT2D eigenvalue weighted by Gasteiger charge is 2.17. The van der Waals surface area contributed by atoms with Crippen molar-refractivity contribution < 1.29 is 13.9 Å². The van der Waals surface area contributed by atoms with Crippen molar-refractivity contribution in [1.29, 1.82) is 0 Å². The topological polar surface area (TPSA) is 64.3 Å². The number of benzene rings is 2. The summed E-state index contributed by atoms with van der Waals surface area (Å²) in [4.78, 5) is 11.6. The van der Waals surface area contributed by atoms with Gasteiger partial charge in [0.15, 0.2) is 0 Å². The van der Waals surface area contributed by atoms with E-state index in [9.17, 15) is 9.18 Å². The van der Waals surface area contributed by atoms with E-state index in [4.69, 9.17) is 10.5 Å². The van der Waals surface area contributed by atoms with Crippen molar-refractivity contribution in [3.63, 3.8) is 0 Å². The second-order valence-corrected chi connectivity index (χ2v) is 4.26. The first-order valence-corrected chi connectivity index (χ1v) is 6.05. The van der Waals surface area contributed by atoms with Crippen molar-refractivity contribution in [2.24, 2.45) is 5.73 Å². The van der Waals surface area contributed by atoms with Crippen LogP contribution in [0.25, 0.3) is 0 Å². The summed E-state index contributed by atoms with van der Waals surface area (Å²) in [5.74, 6) is -0.179. The Bertz CT molecular complexity index is 582. The van der Waals surface area contributed by atoms with Crippen LogP contribution in [0.3, 0.4) is 0 Å². The van der Waals surface area contributed by atoms with E-state index in [1.54, 1.807) is 31.4 Å². The molecule has 0 aliphatic rings. The summed E-state index contributed by atoms with van der Waals surface area (Å²) >= 11 is 0. The van der Waals surface area contributed by atoms with Gasteiger partial charge in [0, 0.05) is 5.69 Å². The van der Waals surface area contributed by atoms with Crippen molar-refractivity contribution in [3.8, 4) is 5.75 Å². The fourth-order valence-electron chi connectivity index (χ4n) is 1.83. The number of hydrogen-bond acceptors (Lipinski definition) is 3. The van der Waals surface area contributed by atoms with Crippen molar-refractivity contribution in [1.82, 2.24) is 0 Å². The molecule has 0 saturated heterocycles. The molecule has 0 aromatic heterocycles. The maximum atomic E-state index is 12.9. The summed E-state index contributed by atoms with van der Waals surface area (Å²) in [6, 6.07) is 12.0. The van der Waals surface area contributed by atoms with Crippen LogP contribution in [-0.4, -0.2) is 13.0 Å². The van der Waals surface area contributed by atoms with Gasteiger partial charge in [-0.3, -0.25) is 4.79 Å². The number of hydrogen-bond donors (Lipinski definition) is 2. The number of carbonyl (C=O) groups excluding carboxylic acids is 1. The van der Waals surface area contributed by atoms with Crippen LogP contribution in [-0.2, 0) is 4.79 Å². The number of methoxy groups -OCH3 is 1. The predicted octanol–water partition coefficient (Wildman–Crippen LogP) is 2.47. The summed E-state index contributed by atoms with van der Waals surface area (Å²) in [6.07, 6.45) is 0. The molecule has 4 nitrogen and oxygen atoms in total. The molecule has 20 heavy (non-hydrogen) atoms. The van der Waals surface area contributed by atoms with Crippen LogP contribution in [0.4, 0.5) is 10.1 Å². The number of nitrogens with one attached hydrogen (secondary N) is 1. The molecule has 1 amide bonds. The molecule has 0 spiro atoms. The van der Waals surface area contributed by atoms with Crippen LogP contribution in [0.2, 0.25) is 0 Å². The maximum absolute atomic E-state index is 12.9. The van der Waals surface area contributed by atoms with E-state index in [1.165, 1.54) is 24.3 Å². The minimum Gasteiger partial charge on any atom is -0.497 e. The Morgan fingerprint density at radius 3 is 2.25 bits per heavy atom. The fraction of sp³-hybridized carbons (Fsp3) is 0.133. The Hall–Kier alpha value is -2.56. The first-order valence-electron chi connectivity index (χ1n) is 6.05. The van der Waals surface area contributed by atoms with Gasteiger partial charge in [0.1, 0.15) is 17.6 Å². The average molecular weight is 274 g/mol. The second kappa shape index (κ2) is 6.06. The molecule has 5 heteroatoms. The number of amides is 1. The molecule has 104 valence electrons. The molecule has 0 radical (unpaired) electrons. The lowest BCUT2D eigenvalue weighted by molar-refractivity contribution is -0.118. The second-order valence-electron chi connectivity index (χ2n) is 4.26. The predicted molar refractivity (Wildman–Crippen MR) is 75.0 cm³/mol. The summed E-state index contributed by atoms with van der Waals surface area (Å²) in [6.45, 7) is 0. The number of ether oxygens (including phenoxy) is 1. The van der Waals surface area contributed by atoms with Crippen molar-refractivity contribution in [3.05, 3.63) is 59.9 Å². The van der Waals surface area contributed by atoms with Gasteiger partial charge in [-0.2, -0.15) is 0 Å². The van der Waals surface area contributed by atoms with Gasteiger partial charge in [-0.25, -0.2) is 4.39 Å². The lowest BCUT2D eigenvalue weighted by Crippen LogP contribution is -2.27. The number of rotatable bonds is 5. The van der Waals surface area contributed by atoms with Crippen LogP contribution in [0.1, 0.15) is 11.6 Å². The molecule has 3 N–H and O–H groups in total. The van der Waals surface area contributed by atoms with Gasteiger partial charge in [0.25, 0.3) is 0 Å². The van der Waals surface area contributed by atoms with E-state index in [-0.39, 0.29) is 5.82 Å². The van der Waals surface area contributed by atoms with Crippen LogP contribution < -0.4 is 15.8 Å². The molecule has 0 bridgehead atoms. The summed E-state index contributed by atoms with van der Waals surface area (Å²) in [5.41, 5.74) is 6.72. The number of primary amides is 1. The van der Waals surface area contributed by atoms with Gasteiger partial charge in [0.05, 0.1) is 7.11 Å². The molecule has 1 unspecified atom stereocenters. The molecule has 1 atom stereocenters. The third-order valence-electron chi connectivity index (χ3n) is 2.89. The van der Waals surface area contributed by atoms with Crippen LogP contribution in [0.5, 0.6) is 5.75 Å². The SMILES string of the molecule is COc1ccc(NC(C(N)=O)c2ccc(F)cc2)cc1. The third-order valence-corrected chi connectivity index (χ3v) is 2.89. The Morgan fingerprint density at radius 2 is 1.75 bits per heavy atom. The van der Waals surface area contributed by atoms with Crippen molar-refractivity contribution in [2.45, 2.75) is 6.04 Å². The fourth-order valence-corrected chi connectivity index (χ4v) is 1.83. The molecule has 0 aliphatic heterocycles. The zero-order chi connectivity index (χ0) is 14.5. The average Bonchev–Trinajstić information content (AvgIpc) is 2.46. The number of nitrogens with two attached hydrogens (primary N) is 1. The molecule has 0 saturated carbocycles. The Balaban J connectivity index is 2.20. The maximum Gasteiger partial charge on any atom is 0.244 e. The largest absolute Gasteiger partial charge is 0.497 e. The van der Waals surface area contributed by atoms with Gasteiger partial charge in [-0.1, -0.05) is 12.1 Å². The molecular formula is C15H15FN2O2. The summed E-state index contributed by atoms with van der Waals surface area (Å²) < 4.78 is 18.0. The van der Waals surface area contributed by atoms with Crippen molar-refractivity contribution in [2.75, 3.05) is 12.4 Å². The minimum absolute atomic E-state index is 0.360. The van der Waals surface area contributed by atoms with E-state index < -0.39 is 11.9 Å². The van der Waals surface area contributed by atoms with Gasteiger partial charge < -0.3 is 15.8 Å². The molecular weight excluding hydrogens is 259 g/mol. The first kappa shape index (κ1) is 13.9. The molecule has 2 rings (SSSR count). The molecule has 2 aromatic rings. The van der Waals surface area contributed by atoms with E-state index in [1.807, 2.05) is 0 Å². The number of anilines is 1. The van der Waals surface area contributed by atoms with Crippen molar-refractivity contribution >= 4 is 11.6 Å². The van der Waals surface area contributed by atoms with E-state index in [2.05, 4.69) is 5.32 Å². The normalized spacial score (nSPS) is 11.7. The van der Waals surface area contributed by atoms with Crippen LogP contribution >= 0.6 is 0 Å².